The van der Waals surface area contributed by atoms with Crippen molar-refractivity contribution in [2.45, 2.75) is 85.3 Å². The summed E-state index contributed by atoms with van der Waals surface area (Å²) in [5.74, 6) is -1.87. The normalized spacial score (nSPS) is 13.0. The molecule has 2 atom stereocenters. The third kappa shape index (κ3) is 11.7. The van der Waals surface area contributed by atoms with Crippen molar-refractivity contribution in [3.05, 3.63) is 41.6 Å². The highest BCUT2D eigenvalue weighted by atomic mass is 16.7. The summed E-state index contributed by atoms with van der Waals surface area (Å²) >= 11 is 0. The number of esters is 1. The molecular formula is C31H48N6O7. The molecule has 0 fully saturated rings. The van der Waals surface area contributed by atoms with E-state index in [0.29, 0.717) is 25.3 Å². The molecule has 0 aliphatic heterocycles. The number of nitrogens with zero attached hydrogens (tertiary/aromatic N) is 2. The van der Waals surface area contributed by atoms with Crippen molar-refractivity contribution in [1.82, 2.24) is 31.4 Å². The minimum absolute atomic E-state index is 0.0840. The number of rotatable bonds is 16. The van der Waals surface area contributed by atoms with Gasteiger partial charge in [-0.25, -0.2) is 9.80 Å². The number of amides is 4. The number of hydrogen-bond donors (Lipinski definition) is 4. The Morgan fingerprint density at radius 2 is 1.68 bits per heavy atom. The molecule has 13 nitrogen and oxygen atoms in total. The van der Waals surface area contributed by atoms with E-state index < -0.39 is 41.7 Å². The molecular weight excluding hydrogens is 568 g/mol. The van der Waals surface area contributed by atoms with Gasteiger partial charge in [0, 0.05) is 50.9 Å². The van der Waals surface area contributed by atoms with E-state index in [1.165, 1.54) is 12.1 Å². The lowest BCUT2D eigenvalue weighted by atomic mass is 9.94. The molecule has 2 aromatic rings. The van der Waals surface area contributed by atoms with Crippen molar-refractivity contribution in [3.63, 3.8) is 0 Å². The molecule has 0 saturated heterocycles. The molecule has 0 spiro atoms. The van der Waals surface area contributed by atoms with E-state index in [4.69, 9.17) is 14.2 Å². The fraction of sp³-hybridized carbons (Fsp3) is 0.581. The predicted octanol–water partition coefficient (Wildman–Crippen LogP) is 2.74. The van der Waals surface area contributed by atoms with Gasteiger partial charge in [0.15, 0.2) is 6.29 Å². The first-order valence-corrected chi connectivity index (χ1v) is 14.9. The number of hydrazine groups is 1. The molecule has 1 aromatic carbocycles. The molecule has 0 aliphatic carbocycles. The van der Waals surface area contributed by atoms with Crippen LogP contribution in [0.5, 0.6) is 0 Å². The number of aromatic nitrogens is 1. The van der Waals surface area contributed by atoms with Crippen molar-refractivity contribution < 1.29 is 33.4 Å². The molecule has 1 aromatic heterocycles. The number of nitrogens with one attached hydrogen (secondary N) is 4. The van der Waals surface area contributed by atoms with Crippen molar-refractivity contribution in [2.24, 2.45) is 0 Å². The summed E-state index contributed by atoms with van der Waals surface area (Å²) in [5.41, 5.74) is 4.17. The van der Waals surface area contributed by atoms with Crippen LogP contribution in [0.25, 0.3) is 10.9 Å². The third-order valence-corrected chi connectivity index (χ3v) is 6.35. The topological polar surface area (TPSA) is 160 Å². The predicted molar refractivity (Wildman–Crippen MR) is 166 cm³/mol. The van der Waals surface area contributed by atoms with Gasteiger partial charge in [0.25, 0.3) is 0 Å². The van der Waals surface area contributed by atoms with Gasteiger partial charge in [-0.05, 0) is 58.7 Å². The average molecular weight is 617 g/mol. The zero-order valence-corrected chi connectivity index (χ0v) is 27.1. The smallest absolute Gasteiger partial charge is 0.329 e. The Morgan fingerprint density at radius 1 is 1.00 bits per heavy atom. The van der Waals surface area contributed by atoms with Crippen LogP contribution >= 0.6 is 0 Å². The van der Waals surface area contributed by atoms with Gasteiger partial charge in [-0.2, -0.15) is 0 Å². The summed E-state index contributed by atoms with van der Waals surface area (Å²) in [6.07, 6.45) is 0.877. The molecule has 4 amide bonds. The van der Waals surface area contributed by atoms with E-state index in [1.807, 2.05) is 45.0 Å². The van der Waals surface area contributed by atoms with E-state index in [9.17, 15) is 19.2 Å². The molecule has 0 saturated carbocycles. The molecule has 1 heterocycles. The summed E-state index contributed by atoms with van der Waals surface area (Å²) in [4.78, 5) is 55.1. The SMILES string of the molecule is CCNC(=O)NN(C)CC(=O)N[C@@H](CC(=O)OC(C)(C)C)C(=O)NCc1ccc(C(C)C(OCC)OCC)c2cccnc12. The van der Waals surface area contributed by atoms with Gasteiger partial charge in [-0.1, -0.05) is 25.1 Å². The molecule has 2 rings (SSSR count). The number of ether oxygens (including phenoxy) is 3. The maximum absolute atomic E-state index is 13.4. The second-order valence-corrected chi connectivity index (χ2v) is 11.2. The maximum atomic E-state index is 13.4. The first-order chi connectivity index (χ1) is 20.8. The largest absolute Gasteiger partial charge is 0.460 e. The van der Waals surface area contributed by atoms with Gasteiger partial charge in [0.2, 0.25) is 11.8 Å². The first kappa shape index (κ1) is 36.4. The van der Waals surface area contributed by atoms with E-state index in [0.717, 1.165) is 16.5 Å². The quantitative estimate of drug-likeness (QED) is 0.126. The number of hydrogen-bond acceptors (Lipinski definition) is 9. The van der Waals surface area contributed by atoms with Gasteiger partial charge >= 0.3 is 12.0 Å². The Kier molecular flexibility index (Phi) is 14.4. The van der Waals surface area contributed by atoms with Crippen LogP contribution in [-0.2, 0) is 35.1 Å². The van der Waals surface area contributed by atoms with Crippen LogP contribution < -0.4 is 21.4 Å². The third-order valence-electron chi connectivity index (χ3n) is 6.35. The van der Waals surface area contributed by atoms with Crippen LogP contribution in [-0.4, -0.2) is 85.1 Å². The monoisotopic (exact) mass is 616 g/mol. The number of likely N-dealkylation sites (N-methyl/N-ethyl adjacent to an activating group) is 1. The highest BCUT2D eigenvalue weighted by Crippen LogP contribution is 2.30. The second-order valence-electron chi connectivity index (χ2n) is 11.2. The fourth-order valence-corrected chi connectivity index (χ4v) is 4.54. The van der Waals surface area contributed by atoms with E-state index in [1.54, 1.807) is 33.9 Å². The van der Waals surface area contributed by atoms with Crippen LogP contribution in [0.2, 0.25) is 0 Å². The Labute approximate surface area is 259 Å². The summed E-state index contributed by atoms with van der Waals surface area (Å²) in [7, 11) is 1.51. The molecule has 244 valence electrons. The zero-order valence-electron chi connectivity index (χ0n) is 27.1. The number of urea groups is 1. The maximum Gasteiger partial charge on any atom is 0.329 e. The molecule has 1 unspecified atom stereocenters. The summed E-state index contributed by atoms with van der Waals surface area (Å²) in [5, 5.41) is 10.2. The number of benzene rings is 1. The number of fused-ring (bicyclic) bond motifs is 1. The Balaban J connectivity index is 2.23. The van der Waals surface area contributed by atoms with Crippen molar-refractivity contribution in [1.29, 1.82) is 0 Å². The molecule has 0 aliphatic rings. The van der Waals surface area contributed by atoms with Gasteiger partial charge in [0.1, 0.15) is 11.6 Å². The summed E-state index contributed by atoms with van der Waals surface area (Å²) in [6, 6.07) is 5.98. The molecule has 4 N–H and O–H groups in total. The van der Waals surface area contributed by atoms with Crippen molar-refractivity contribution in [3.8, 4) is 0 Å². The Bertz CT molecular complexity index is 1260. The summed E-state index contributed by atoms with van der Waals surface area (Å²) < 4.78 is 17.1. The van der Waals surface area contributed by atoms with E-state index in [-0.39, 0.29) is 25.4 Å². The van der Waals surface area contributed by atoms with E-state index >= 15 is 0 Å². The van der Waals surface area contributed by atoms with Gasteiger partial charge < -0.3 is 30.2 Å². The van der Waals surface area contributed by atoms with Crippen LogP contribution in [0.1, 0.15) is 71.9 Å². The van der Waals surface area contributed by atoms with E-state index in [2.05, 4.69) is 26.4 Å². The van der Waals surface area contributed by atoms with Crippen LogP contribution in [0.3, 0.4) is 0 Å². The van der Waals surface area contributed by atoms with Crippen LogP contribution in [0.4, 0.5) is 4.79 Å². The van der Waals surface area contributed by atoms with Gasteiger partial charge in [0.05, 0.1) is 18.5 Å². The van der Waals surface area contributed by atoms with Crippen molar-refractivity contribution in [2.75, 3.05) is 33.4 Å². The number of carbonyl (C=O) groups excluding carboxylic acids is 4. The van der Waals surface area contributed by atoms with Gasteiger partial charge in [-0.15, -0.1) is 0 Å². The molecule has 44 heavy (non-hydrogen) atoms. The average Bonchev–Trinajstić information content (AvgIpc) is 2.93. The molecule has 13 heteroatoms. The lowest BCUT2D eigenvalue weighted by Gasteiger charge is -2.25. The lowest BCUT2D eigenvalue weighted by Crippen LogP contribution is -2.53. The zero-order chi connectivity index (χ0) is 32.9. The highest BCUT2D eigenvalue weighted by molar-refractivity contribution is 5.92. The summed E-state index contributed by atoms with van der Waals surface area (Å²) in [6.45, 7) is 14.1. The number of pyridine rings is 1. The Hall–Kier alpha value is -3.81. The van der Waals surface area contributed by atoms with Crippen molar-refractivity contribution >= 4 is 34.7 Å². The first-order valence-electron chi connectivity index (χ1n) is 14.9. The molecule has 0 radical (unpaired) electrons. The lowest BCUT2D eigenvalue weighted by molar-refractivity contribution is -0.156. The number of carbonyl (C=O) groups is 4. The van der Waals surface area contributed by atoms with Gasteiger partial charge in [-0.3, -0.25) is 24.8 Å². The minimum Gasteiger partial charge on any atom is -0.460 e. The highest BCUT2D eigenvalue weighted by Gasteiger charge is 2.28. The second kappa shape index (κ2) is 17.5. The van der Waals surface area contributed by atoms with Crippen LogP contribution in [0, 0.1) is 0 Å². The minimum atomic E-state index is -1.22. The van der Waals surface area contributed by atoms with Crippen LogP contribution in [0.15, 0.2) is 30.5 Å². The fourth-order valence-electron chi connectivity index (χ4n) is 4.54. The standard InChI is InChI=1S/C31H48N6O7/c1-9-32-30(41)36-37(8)19-25(38)35-24(17-26(39)44-31(5,6)7)28(40)34-18-21-14-15-22(23-13-12-16-33-27(21)23)20(4)29(42-10-2)43-11-3/h12-16,20,24,29H,9-11,17-19H2,1-8H3,(H,34,40)(H,35,38)(H2,32,36,41)/t20?,24-/m0/s1. The Morgan fingerprint density at radius 3 is 2.30 bits per heavy atom. The molecule has 0 bridgehead atoms.